The first-order valence-electron chi connectivity index (χ1n) is 7.04. The summed E-state index contributed by atoms with van der Waals surface area (Å²) in [6.07, 6.45) is -0.886. The monoisotopic (exact) mass is 335 g/mol. The summed E-state index contributed by atoms with van der Waals surface area (Å²) < 4.78 is 42.3. The van der Waals surface area contributed by atoms with E-state index in [1.807, 2.05) is 5.32 Å². The summed E-state index contributed by atoms with van der Waals surface area (Å²) >= 11 is 1.04. The zero-order valence-electron chi connectivity index (χ0n) is 12.0. The number of carbonyl (C=O) groups is 2. The summed E-state index contributed by atoms with van der Waals surface area (Å²) in [6.45, 7) is 1.74. The molecule has 0 fully saturated rings. The van der Waals surface area contributed by atoms with Crippen LogP contribution in [-0.2, 0) is 22.4 Å². The quantitative estimate of drug-likeness (QED) is 0.677. The van der Waals surface area contributed by atoms with Crippen LogP contribution in [0.25, 0.3) is 0 Å². The fourth-order valence-corrected chi connectivity index (χ4v) is 3.70. The number of rotatable bonds is 3. The number of hydrogen-bond donors (Lipinski definition) is 1. The van der Waals surface area contributed by atoms with Gasteiger partial charge in [-0.1, -0.05) is 6.42 Å². The highest BCUT2D eigenvalue weighted by molar-refractivity contribution is 7.17. The SMILES string of the molecule is CCOC(=O)c1c(NC(=O)C(F)(F)F)sc2c1CCCCC2. The number of esters is 1. The van der Waals surface area contributed by atoms with Gasteiger partial charge in [-0.15, -0.1) is 11.3 Å². The lowest BCUT2D eigenvalue weighted by atomic mass is 10.1. The summed E-state index contributed by atoms with van der Waals surface area (Å²) in [5, 5.41) is 1.76. The van der Waals surface area contributed by atoms with E-state index in [-0.39, 0.29) is 17.2 Å². The van der Waals surface area contributed by atoms with Crippen LogP contribution < -0.4 is 5.32 Å². The average Bonchev–Trinajstić information content (AvgIpc) is 2.60. The standard InChI is InChI=1S/C14H16F3NO3S/c1-2-21-12(19)10-8-6-4-3-5-7-9(8)22-11(10)18-13(20)14(15,16)17/h2-7H2,1H3,(H,18,20). The van der Waals surface area contributed by atoms with E-state index >= 15 is 0 Å². The Hall–Kier alpha value is -1.57. The second kappa shape index (κ2) is 6.68. The van der Waals surface area contributed by atoms with Gasteiger partial charge in [-0.3, -0.25) is 4.79 Å². The molecule has 0 saturated carbocycles. The number of hydrogen-bond acceptors (Lipinski definition) is 4. The lowest BCUT2D eigenvalue weighted by Gasteiger charge is -2.09. The summed E-state index contributed by atoms with van der Waals surface area (Å²) in [6, 6.07) is 0. The molecular formula is C14H16F3NO3S. The smallest absolute Gasteiger partial charge is 0.462 e. The van der Waals surface area contributed by atoms with Gasteiger partial charge >= 0.3 is 18.1 Å². The van der Waals surface area contributed by atoms with E-state index in [9.17, 15) is 22.8 Å². The lowest BCUT2D eigenvalue weighted by Crippen LogP contribution is -2.30. The van der Waals surface area contributed by atoms with Gasteiger partial charge in [-0.05, 0) is 38.2 Å². The van der Waals surface area contributed by atoms with Gasteiger partial charge < -0.3 is 10.1 Å². The van der Waals surface area contributed by atoms with Crippen LogP contribution in [0.15, 0.2) is 0 Å². The Labute approximate surface area is 129 Å². The highest BCUT2D eigenvalue weighted by Crippen LogP contribution is 2.38. The Bertz CT molecular complexity index is 581. The second-order valence-electron chi connectivity index (χ2n) is 4.94. The molecule has 1 N–H and O–H groups in total. The number of alkyl halides is 3. The molecule has 0 saturated heterocycles. The van der Waals surface area contributed by atoms with Gasteiger partial charge in [0.25, 0.3) is 0 Å². The molecular weight excluding hydrogens is 319 g/mol. The van der Waals surface area contributed by atoms with Crippen LogP contribution in [0.5, 0.6) is 0 Å². The highest BCUT2D eigenvalue weighted by Gasteiger charge is 2.40. The van der Waals surface area contributed by atoms with E-state index in [1.54, 1.807) is 6.92 Å². The number of nitrogens with one attached hydrogen (secondary N) is 1. The van der Waals surface area contributed by atoms with Crippen molar-refractivity contribution in [3.63, 3.8) is 0 Å². The zero-order valence-corrected chi connectivity index (χ0v) is 12.8. The molecule has 1 heterocycles. The third-order valence-corrected chi connectivity index (χ3v) is 4.59. The molecule has 0 aliphatic heterocycles. The number of aryl methyl sites for hydroxylation is 1. The topological polar surface area (TPSA) is 55.4 Å². The minimum absolute atomic E-state index is 0.0623. The van der Waals surface area contributed by atoms with Crippen molar-refractivity contribution >= 4 is 28.2 Å². The highest BCUT2D eigenvalue weighted by atomic mass is 32.1. The predicted octanol–water partition coefficient (Wildman–Crippen LogP) is 3.69. The van der Waals surface area contributed by atoms with E-state index in [1.165, 1.54) is 0 Å². The van der Waals surface area contributed by atoms with E-state index in [0.29, 0.717) is 12.8 Å². The second-order valence-corrected chi connectivity index (χ2v) is 6.05. The van der Waals surface area contributed by atoms with E-state index in [0.717, 1.165) is 41.0 Å². The molecule has 8 heteroatoms. The number of halogens is 3. The van der Waals surface area contributed by atoms with Gasteiger partial charge in [0.1, 0.15) is 5.00 Å². The number of anilines is 1. The normalized spacial score (nSPS) is 14.9. The summed E-state index contributed by atoms with van der Waals surface area (Å²) in [4.78, 5) is 24.1. The van der Waals surface area contributed by atoms with Crippen molar-refractivity contribution in [1.82, 2.24) is 0 Å². The fourth-order valence-electron chi connectivity index (χ4n) is 2.42. The lowest BCUT2D eigenvalue weighted by molar-refractivity contribution is -0.167. The molecule has 0 bridgehead atoms. The third-order valence-electron chi connectivity index (χ3n) is 3.39. The maximum atomic E-state index is 12.4. The maximum absolute atomic E-state index is 12.4. The van der Waals surface area contributed by atoms with Crippen LogP contribution in [0.1, 0.15) is 47.0 Å². The van der Waals surface area contributed by atoms with Crippen LogP contribution >= 0.6 is 11.3 Å². The molecule has 1 aliphatic carbocycles. The molecule has 0 spiro atoms. The Kier molecular flexibility index (Phi) is 5.10. The summed E-state index contributed by atoms with van der Waals surface area (Å²) in [5.74, 6) is -2.76. The van der Waals surface area contributed by atoms with Crippen molar-refractivity contribution < 1.29 is 27.5 Å². The molecule has 0 aromatic carbocycles. The average molecular weight is 335 g/mol. The first-order valence-corrected chi connectivity index (χ1v) is 7.86. The first-order chi connectivity index (χ1) is 10.3. The van der Waals surface area contributed by atoms with Crippen molar-refractivity contribution in [3.8, 4) is 0 Å². The minimum Gasteiger partial charge on any atom is -0.462 e. The molecule has 122 valence electrons. The van der Waals surface area contributed by atoms with Crippen LogP contribution in [0.4, 0.5) is 18.2 Å². The van der Waals surface area contributed by atoms with E-state index in [4.69, 9.17) is 4.74 Å². The van der Waals surface area contributed by atoms with Crippen LogP contribution in [-0.4, -0.2) is 24.7 Å². The van der Waals surface area contributed by atoms with Gasteiger partial charge in [0.2, 0.25) is 0 Å². The molecule has 1 aromatic rings. The first kappa shape index (κ1) is 16.8. The fraction of sp³-hybridized carbons (Fsp3) is 0.571. The van der Waals surface area contributed by atoms with Crippen LogP contribution in [0.2, 0.25) is 0 Å². The number of amides is 1. The Morgan fingerprint density at radius 3 is 2.55 bits per heavy atom. The van der Waals surface area contributed by atoms with Crippen molar-refractivity contribution in [1.29, 1.82) is 0 Å². The van der Waals surface area contributed by atoms with Gasteiger partial charge in [0.15, 0.2) is 0 Å². The summed E-state index contributed by atoms with van der Waals surface area (Å²) in [7, 11) is 0. The van der Waals surface area contributed by atoms with Crippen LogP contribution in [0, 0.1) is 0 Å². The Balaban J connectivity index is 2.40. The Morgan fingerprint density at radius 1 is 1.23 bits per heavy atom. The van der Waals surface area contributed by atoms with Crippen LogP contribution in [0.3, 0.4) is 0 Å². The Morgan fingerprint density at radius 2 is 1.91 bits per heavy atom. The minimum atomic E-state index is -4.99. The van der Waals surface area contributed by atoms with Gasteiger partial charge in [0, 0.05) is 4.88 Å². The van der Waals surface area contributed by atoms with Crippen molar-refractivity contribution in [2.45, 2.75) is 45.2 Å². The molecule has 22 heavy (non-hydrogen) atoms. The zero-order chi connectivity index (χ0) is 16.3. The van der Waals surface area contributed by atoms with Gasteiger partial charge in [0.05, 0.1) is 12.2 Å². The molecule has 0 unspecified atom stereocenters. The molecule has 1 amide bonds. The molecule has 4 nitrogen and oxygen atoms in total. The van der Waals surface area contributed by atoms with Crippen molar-refractivity contribution in [3.05, 3.63) is 16.0 Å². The molecule has 1 aromatic heterocycles. The molecule has 0 radical (unpaired) electrons. The largest absolute Gasteiger partial charge is 0.471 e. The number of ether oxygens (including phenoxy) is 1. The maximum Gasteiger partial charge on any atom is 0.471 e. The number of carbonyl (C=O) groups excluding carboxylic acids is 2. The van der Waals surface area contributed by atoms with Gasteiger partial charge in [-0.2, -0.15) is 13.2 Å². The number of thiophene rings is 1. The van der Waals surface area contributed by atoms with Crippen molar-refractivity contribution in [2.75, 3.05) is 11.9 Å². The van der Waals surface area contributed by atoms with Crippen molar-refractivity contribution in [2.24, 2.45) is 0 Å². The predicted molar refractivity (Wildman–Crippen MR) is 76.2 cm³/mol. The number of fused-ring (bicyclic) bond motifs is 1. The van der Waals surface area contributed by atoms with E-state index in [2.05, 4.69) is 0 Å². The molecule has 1 aliphatic rings. The van der Waals surface area contributed by atoms with E-state index < -0.39 is 18.1 Å². The van der Waals surface area contributed by atoms with Gasteiger partial charge in [-0.25, -0.2) is 4.79 Å². The molecule has 2 rings (SSSR count). The molecule has 0 atom stereocenters. The third kappa shape index (κ3) is 3.60. The summed E-state index contributed by atoms with van der Waals surface area (Å²) in [5.41, 5.74) is 0.805.